The van der Waals surface area contributed by atoms with Crippen LogP contribution in [0.4, 0.5) is 13.2 Å². The van der Waals surface area contributed by atoms with Gasteiger partial charge < -0.3 is 9.84 Å². The summed E-state index contributed by atoms with van der Waals surface area (Å²) in [4.78, 5) is 13.6. The largest absolute Gasteiger partial charge is 0.394 e. The fraction of sp³-hybridized carbons (Fsp3) is 0.909. The van der Waals surface area contributed by atoms with Crippen LogP contribution in [-0.2, 0) is 9.53 Å². The zero-order chi connectivity index (χ0) is 13.6. The second-order valence-electron chi connectivity index (χ2n) is 4.98. The Bertz CT molecular complexity index is 347. The van der Waals surface area contributed by atoms with Gasteiger partial charge in [-0.3, -0.25) is 9.69 Å². The van der Waals surface area contributed by atoms with Crippen LogP contribution >= 0.6 is 0 Å². The van der Waals surface area contributed by atoms with E-state index in [1.54, 1.807) is 0 Å². The average Bonchev–Trinajstić information content (AvgIpc) is 2.32. The van der Waals surface area contributed by atoms with Crippen LogP contribution in [0.2, 0.25) is 0 Å². The molecule has 3 heterocycles. The molecule has 0 aliphatic carbocycles. The first-order valence-corrected chi connectivity index (χ1v) is 5.82. The van der Waals surface area contributed by atoms with E-state index in [0.717, 1.165) is 0 Å². The first-order chi connectivity index (χ1) is 8.36. The molecule has 18 heavy (non-hydrogen) atoms. The van der Waals surface area contributed by atoms with Crippen molar-refractivity contribution < 1.29 is 27.8 Å². The predicted octanol–water partition coefficient (Wildman–Crippen LogP) is 0.447. The van der Waals surface area contributed by atoms with Crippen LogP contribution in [0.5, 0.6) is 0 Å². The monoisotopic (exact) mass is 267 g/mol. The first-order valence-electron chi connectivity index (χ1n) is 5.82. The molecule has 0 aromatic rings. The molecule has 3 fully saturated rings. The highest BCUT2D eigenvalue weighted by Gasteiger charge is 2.62. The lowest BCUT2D eigenvalue weighted by atomic mass is 9.68. The maximum atomic E-state index is 12.8. The van der Waals surface area contributed by atoms with Crippen molar-refractivity contribution in [3.8, 4) is 0 Å². The second-order valence-corrected chi connectivity index (χ2v) is 4.98. The number of carbonyl (C=O) groups is 1. The molecule has 3 aliphatic rings. The SMILES string of the molecule is COC[C@]1(CO)C(=O)[C@@H]2CCN1C[C@H]2C(F)(F)F. The number of hydrogen-bond donors (Lipinski definition) is 1. The van der Waals surface area contributed by atoms with Gasteiger partial charge in [0, 0.05) is 19.6 Å². The number of piperidine rings is 3. The van der Waals surface area contributed by atoms with E-state index in [1.807, 2.05) is 0 Å². The van der Waals surface area contributed by atoms with Crippen LogP contribution in [0.3, 0.4) is 0 Å². The lowest BCUT2D eigenvalue weighted by Gasteiger charge is -2.54. The zero-order valence-electron chi connectivity index (χ0n) is 10.0. The number of ketones is 1. The molecule has 0 saturated carbocycles. The van der Waals surface area contributed by atoms with Crippen LogP contribution in [-0.4, -0.2) is 60.9 Å². The minimum atomic E-state index is -4.37. The molecule has 1 N–H and O–H groups in total. The molecule has 0 radical (unpaired) electrons. The molecule has 1 unspecified atom stereocenters. The van der Waals surface area contributed by atoms with Gasteiger partial charge in [-0.05, 0) is 13.0 Å². The summed E-state index contributed by atoms with van der Waals surface area (Å²) in [7, 11) is 1.37. The Labute approximate surface area is 103 Å². The predicted molar refractivity (Wildman–Crippen MR) is 55.9 cm³/mol. The van der Waals surface area contributed by atoms with Gasteiger partial charge >= 0.3 is 6.18 Å². The molecule has 7 heteroatoms. The Morgan fingerprint density at radius 2 is 2.22 bits per heavy atom. The minimum Gasteiger partial charge on any atom is -0.394 e. The Morgan fingerprint density at radius 1 is 1.56 bits per heavy atom. The number of aliphatic hydroxyl groups is 1. The summed E-state index contributed by atoms with van der Waals surface area (Å²) in [6.45, 7) is -0.402. The van der Waals surface area contributed by atoms with Gasteiger partial charge in [0.25, 0.3) is 0 Å². The number of methoxy groups -OCH3 is 1. The third kappa shape index (κ3) is 1.85. The minimum absolute atomic E-state index is 0.0661. The molecule has 0 aromatic heterocycles. The van der Waals surface area contributed by atoms with Crippen LogP contribution in [0.25, 0.3) is 0 Å². The normalized spacial score (nSPS) is 40.3. The van der Waals surface area contributed by atoms with Gasteiger partial charge in [0.15, 0.2) is 5.78 Å². The van der Waals surface area contributed by atoms with Gasteiger partial charge in [-0.25, -0.2) is 0 Å². The number of rotatable bonds is 3. The molecular formula is C11H16F3NO3. The van der Waals surface area contributed by atoms with Crippen molar-refractivity contribution in [2.24, 2.45) is 11.8 Å². The third-order valence-corrected chi connectivity index (χ3v) is 4.08. The van der Waals surface area contributed by atoms with E-state index in [4.69, 9.17) is 4.74 Å². The molecule has 4 nitrogen and oxygen atoms in total. The third-order valence-electron chi connectivity index (χ3n) is 4.08. The molecule has 3 saturated heterocycles. The van der Waals surface area contributed by atoms with Crippen molar-refractivity contribution in [3.63, 3.8) is 0 Å². The smallest absolute Gasteiger partial charge is 0.393 e. The number of carbonyl (C=O) groups excluding carboxylic acids is 1. The van der Waals surface area contributed by atoms with Crippen molar-refractivity contribution in [3.05, 3.63) is 0 Å². The number of ether oxygens (including phenoxy) is 1. The highest BCUT2D eigenvalue weighted by Crippen LogP contribution is 2.46. The molecule has 0 aromatic carbocycles. The summed E-state index contributed by atoms with van der Waals surface area (Å²) in [6.07, 6.45) is -4.16. The molecule has 4 atom stereocenters. The molecular weight excluding hydrogens is 251 g/mol. The van der Waals surface area contributed by atoms with Gasteiger partial charge in [0.1, 0.15) is 5.54 Å². The Hall–Kier alpha value is -0.660. The zero-order valence-corrected chi connectivity index (χ0v) is 10.0. The van der Waals surface area contributed by atoms with E-state index in [9.17, 15) is 23.1 Å². The van der Waals surface area contributed by atoms with Crippen molar-refractivity contribution in [1.29, 1.82) is 0 Å². The number of fused-ring (bicyclic) bond motifs is 3. The molecule has 3 aliphatic heterocycles. The fourth-order valence-electron chi connectivity index (χ4n) is 3.11. The standard InChI is InChI=1S/C11H16F3NO3/c1-18-6-10(5-16)9(17)7-2-3-15(10)4-8(7)11(12,13)14/h7-8,16H,2-6H2,1H3/t7-,8-,10-/m1/s1. The molecule has 104 valence electrons. The van der Waals surface area contributed by atoms with Gasteiger partial charge in [-0.1, -0.05) is 0 Å². The number of hydrogen-bond acceptors (Lipinski definition) is 4. The van der Waals surface area contributed by atoms with E-state index in [2.05, 4.69) is 0 Å². The van der Waals surface area contributed by atoms with Crippen molar-refractivity contribution in [2.75, 3.05) is 33.4 Å². The topological polar surface area (TPSA) is 49.8 Å². The maximum absolute atomic E-state index is 12.8. The van der Waals surface area contributed by atoms with Crippen molar-refractivity contribution >= 4 is 5.78 Å². The van der Waals surface area contributed by atoms with E-state index in [1.165, 1.54) is 12.0 Å². The fourth-order valence-corrected chi connectivity index (χ4v) is 3.11. The molecule has 0 spiro atoms. The second kappa shape index (κ2) is 4.47. The molecule has 3 rings (SSSR count). The summed E-state index contributed by atoms with van der Waals surface area (Å²) in [6, 6.07) is 0. The Kier molecular flexibility index (Phi) is 3.42. The van der Waals surface area contributed by atoms with E-state index in [-0.39, 0.29) is 19.6 Å². The van der Waals surface area contributed by atoms with Crippen LogP contribution in [0.1, 0.15) is 6.42 Å². The van der Waals surface area contributed by atoms with Crippen LogP contribution in [0, 0.1) is 11.8 Å². The summed E-state index contributed by atoms with van der Waals surface area (Å²) < 4.78 is 43.4. The summed E-state index contributed by atoms with van der Waals surface area (Å²) in [5.74, 6) is -3.20. The highest BCUT2D eigenvalue weighted by molar-refractivity contribution is 5.92. The van der Waals surface area contributed by atoms with E-state index in [0.29, 0.717) is 6.54 Å². The lowest BCUT2D eigenvalue weighted by Crippen LogP contribution is -2.72. The van der Waals surface area contributed by atoms with Crippen molar-refractivity contribution in [1.82, 2.24) is 4.90 Å². The first kappa shape index (κ1) is 13.8. The number of halogens is 3. The van der Waals surface area contributed by atoms with E-state index < -0.39 is 35.9 Å². The molecule has 2 bridgehead atoms. The number of alkyl halides is 3. The van der Waals surface area contributed by atoms with E-state index >= 15 is 0 Å². The summed E-state index contributed by atoms with van der Waals surface area (Å²) >= 11 is 0. The maximum Gasteiger partial charge on any atom is 0.393 e. The van der Waals surface area contributed by atoms with Gasteiger partial charge in [0.05, 0.1) is 19.1 Å². The van der Waals surface area contributed by atoms with Gasteiger partial charge in [-0.2, -0.15) is 13.2 Å². The van der Waals surface area contributed by atoms with Gasteiger partial charge in [-0.15, -0.1) is 0 Å². The number of aliphatic hydroxyl groups excluding tert-OH is 1. The Balaban J connectivity index is 2.31. The summed E-state index contributed by atoms with van der Waals surface area (Å²) in [5, 5.41) is 9.43. The average molecular weight is 267 g/mol. The summed E-state index contributed by atoms with van der Waals surface area (Å²) in [5.41, 5.74) is -1.28. The number of nitrogens with zero attached hydrogens (tertiary/aromatic N) is 1. The quantitative estimate of drug-likeness (QED) is 0.806. The Morgan fingerprint density at radius 3 is 2.67 bits per heavy atom. The van der Waals surface area contributed by atoms with Gasteiger partial charge in [0.2, 0.25) is 0 Å². The highest BCUT2D eigenvalue weighted by atomic mass is 19.4. The van der Waals surface area contributed by atoms with Crippen molar-refractivity contribution in [2.45, 2.75) is 18.1 Å². The molecule has 0 amide bonds. The van der Waals surface area contributed by atoms with Crippen LogP contribution in [0.15, 0.2) is 0 Å². The van der Waals surface area contributed by atoms with Crippen LogP contribution < -0.4 is 0 Å². The lowest BCUT2D eigenvalue weighted by molar-refractivity contribution is -0.229. The number of Topliss-reactive ketones (excluding diaryl/α,β-unsaturated/α-hetero) is 1.